The second-order valence-electron chi connectivity index (χ2n) is 3.04. The van der Waals surface area contributed by atoms with Crippen LogP contribution < -0.4 is 0 Å². The van der Waals surface area contributed by atoms with Crippen LogP contribution in [0.4, 0.5) is 0 Å². The molecular formula is C9H10O. The SMILES string of the molecule is O=C1C[C@H]2C=CC=C[C@H]2C1. The zero-order valence-corrected chi connectivity index (χ0v) is 5.79. The standard InChI is InChI=1S/C9H10O/c10-9-5-7-3-1-2-4-8(7)6-9/h1-4,7-8H,5-6H2/t7-,8+. The highest BCUT2D eigenvalue weighted by Gasteiger charge is 2.29. The molecule has 0 unspecified atom stereocenters. The van der Waals surface area contributed by atoms with Gasteiger partial charge < -0.3 is 0 Å². The second kappa shape index (κ2) is 2.08. The van der Waals surface area contributed by atoms with Crippen LogP contribution in [-0.2, 0) is 4.79 Å². The van der Waals surface area contributed by atoms with Crippen molar-refractivity contribution >= 4 is 5.78 Å². The van der Waals surface area contributed by atoms with Gasteiger partial charge in [0.05, 0.1) is 0 Å². The van der Waals surface area contributed by atoms with Gasteiger partial charge in [0.25, 0.3) is 0 Å². The molecule has 2 atom stereocenters. The van der Waals surface area contributed by atoms with Gasteiger partial charge in [0.1, 0.15) is 5.78 Å². The monoisotopic (exact) mass is 134 g/mol. The fraction of sp³-hybridized carbons (Fsp3) is 0.444. The van der Waals surface area contributed by atoms with E-state index in [1.807, 2.05) is 12.2 Å². The minimum Gasteiger partial charge on any atom is -0.300 e. The number of carbonyl (C=O) groups excluding carboxylic acids is 1. The molecule has 2 aliphatic rings. The molecule has 1 fully saturated rings. The molecule has 10 heavy (non-hydrogen) atoms. The molecule has 1 heteroatoms. The number of hydrogen-bond donors (Lipinski definition) is 0. The van der Waals surface area contributed by atoms with Crippen LogP contribution in [-0.4, -0.2) is 5.78 Å². The van der Waals surface area contributed by atoms with E-state index in [1.165, 1.54) is 0 Å². The number of hydrogen-bond acceptors (Lipinski definition) is 1. The van der Waals surface area contributed by atoms with Crippen molar-refractivity contribution in [2.45, 2.75) is 12.8 Å². The summed E-state index contributed by atoms with van der Waals surface area (Å²) in [4.78, 5) is 10.9. The third-order valence-corrected chi connectivity index (χ3v) is 2.30. The zero-order chi connectivity index (χ0) is 6.97. The van der Waals surface area contributed by atoms with Crippen molar-refractivity contribution in [3.8, 4) is 0 Å². The van der Waals surface area contributed by atoms with Crippen molar-refractivity contribution in [1.29, 1.82) is 0 Å². The van der Waals surface area contributed by atoms with Gasteiger partial charge in [-0.05, 0) is 11.8 Å². The second-order valence-corrected chi connectivity index (χ2v) is 3.04. The molecule has 0 N–H and O–H groups in total. The first-order valence-electron chi connectivity index (χ1n) is 3.73. The fourth-order valence-electron chi connectivity index (χ4n) is 1.75. The summed E-state index contributed by atoms with van der Waals surface area (Å²) in [6.45, 7) is 0. The van der Waals surface area contributed by atoms with E-state index < -0.39 is 0 Å². The minimum atomic E-state index is 0.422. The van der Waals surface area contributed by atoms with Gasteiger partial charge in [-0.2, -0.15) is 0 Å². The van der Waals surface area contributed by atoms with Crippen LogP contribution in [0.1, 0.15) is 12.8 Å². The normalized spacial score (nSPS) is 36.6. The number of allylic oxidation sites excluding steroid dienone is 4. The van der Waals surface area contributed by atoms with Crippen LogP contribution in [0.2, 0.25) is 0 Å². The molecule has 0 saturated heterocycles. The fourth-order valence-corrected chi connectivity index (χ4v) is 1.75. The average molecular weight is 134 g/mol. The lowest BCUT2D eigenvalue weighted by Crippen LogP contribution is -2.03. The van der Waals surface area contributed by atoms with Crippen LogP contribution in [0, 0.1) is 11.8 Å². The molecule has 0 aromatic carbocycles. The number of fused-ring (bicyclic) bond motifs is 1. The predicted molar refractivity (Wildman–Crippen MR) is 39.5 cm³/mol. The van der Waals surface area contributed by atoms with Crippen molar-refractivity contribution < 1.29 is 4.79 Å². The van der Waals surface area contributed by atoms with Crippen LogP contribution >= 0.6 is 0 Å². The molecule has 0 radical (unpaired) electrons. The highest BCUT2D eigenvalue weighted by atomic mass is 16.1. The molecule has 2 rings (SSSR count). The van der Waals surface area contributed by atoms with Gasteiger partial charge in [-0.3, -0.25) is 4.79 Å². The maximum absolute atomic E-state index is 10.9. The molecule has 52 valence electrons. The Hall–Kier alpha value is -0.850. The molecule has 0 aliphatic heterocycles. The number of rotatable bonds is 0. The highest BCUT2D eigenvalue weighted by Crippen LogP contribution is 2.33. The summed E-state index contributed by atoms with van der Waals surface area (Å²) in [6, 6.07) is 0. The van der Waals surface area contributed by atoms with E-state index in [9.17, 15) is 4.79 Å². The summed E-state index contributed by atoms with van der Waals surface area (Å²) in [5.74, 6) is 1.47. The van der Waals surface area contributed by atoms with Gasteiger partial charge in [0.2, 0.25) is 0 Å². The summed E-state index contributed by atoms with van der Waals surface area (Å²) in [6.07, 6.45) is 9.92. The first-order chi connectivity index (χ1) is 4.86. The predicted octanol–water partition coefficient (Wildman–Crippen LogP) is 1.71. The maximum atomic E-state index is 10.9. The van der Waals surface area contributed by atoms with E-state index in [-0.39, 0.29) is 0 Å². The highest BCUT2D eigenvalue weighted by molar-refractivity contribution is 5.82. The molecule has 0 heterocycles. The van der Waals surface area contributed by atoms with Crippen molar-refractivity contribution in [1.82, 2.24) is 0 Å². The molecular weight excluding hydrogens is 124 g/mol. The Kier molecular flexibility index (Phi) is 1.23. The van der Waals surface area contributed by atoms with E-state index >= 15 is 0 Å². The van der Waals surface area contributed by atoms with Crippen molar-refractivity contribution in [2.75, 3.05) is 0 Å². The molecule has 0 aromatic rings. The van der Waals surface area contributed by atoms with Gasteiger partial charge in [0.15, 0.2) is 0 Å². The molecule has 0 bridgehead atoms. The maximum Gasteiger partial charge on any atom is 0.134 e. The Labute approximate surface area is 60.4 Å². The summed E-state index contributed by atoms with van der Waals surface area (Å²) in [7, 11) is 0. The van der Waals surface area contributed by atoms with E-state index in [0.717, 1.165) is 12.8 Å². The van der Waals surface area contributed by atoms with Gasteiger partial charge >= 0.3 is 0 Å². The molecule has 0 aromatic heterocycles. The topological polar surface area (TPSA) is 17.1 Å². The number of Topliss-reactive ketones (excluding diaryl/α,β-unsaturated/α-hetero) is 1. The van der Waals surface area contributed by atoms with Crippen molar-refractivity contribution in [2.24, 2.45) is 11.8 Å². The zero-order valence-electron chi connectivity index (χ0n) is 5.79. The summed E-state index contributed by atoms with van der Waals surface area (Å²) < 4.78 is 0. The van der Waals surface area contributed by atoms with E-state index in [0.29, 0.717) is 17.6 Å². The summed E-state index contributed by atoms with van der Waals surface area (Å²) in [5, 5.41) is 0. The Bertz CT molecular complexity index is 191. The van der Waals surface area contributed by atoms with Gasteiger partial charge in [-0.15, -0.1) is 0 Å². The molecule has 1 nitrogen and oxygen atoms in total. The van der Waals surface area contributed by atoms with Crippen molar-refractivity contribution in [3.63, 3.8) is 0 Å². The quantitative estimate of drug-likeness (QED) is 0.493. The molecule has 1 saturated carbocycles. The molecule has 2 aliphatic carbocycles. The van der Waals surface area contributed by atoms with E-state index in [1.54, 1.807) is 0 Å². The third kappa shape index (κ3) is 0.821. The van der Waals surface area contributed by atoms with Gasteiger partial charge in [-0.1, -0.05) is 24.3 Å². The number of ketones is 1. The largest absolute Gasteiger partial charge is 0.300 e. The summed E-state index contributed by atoms with van der Waals surface area (Å²) >= 11 is 0. The first-order valence-corrected chi connectivity index (χ1v) is 3.73. The van der Waals surface area contributed by atoms with Crippen LogP contribution in [0.5, 0.6) is 0 Å². The van der Waals surface area contributed by atoms with Crippen LogP contribution in [0.3, 0.4) is 0 Å². The van der Waals surface area contributed by atoms with Gasteiger partial charge in [-0.25, -0.2) is 0 Å². The van der Waals surface area contributed by atoms with E-state index in [4.69, 9.17) is 0 Å². The van der Waals surface area contributed by atoms with Crippen molar-refractivity contribution in [3.05, 3.63) is 24.3 Å². The Morgan fingerprint density at radius 3 is 2.10 bits per heavy atom. The third-order valence-electron chi connectivity index (χ3n) is 2.30. The van der Waals surface area contributed by atoms with E-state index in [2.05, 4.69) is 12.2 Å². The van der Waals surface area contributed by atoms with Crippen LogP contribution in [0.25, 0.3) is 0 Å². The minimum absolute atomic E-state index is 0.422. The van der Waals surface area contributed by atoms with Gasteiger partial charge in [0, 0.05) is 12.8 Å². The Balaban J connectivity index is 2.22. The lowest BCUT2D eigenvalue weighted by atomic mass is 9.92. The van der Waals surface area contributed by atoms with Crippen LogP contribution in [0.15, 0.2) is 24.3 Å². The smallest absolute Gasteiger partial charge is 0.134 e. The summed E-state index contributed by atoms with van der Waals surface area (Å²) in [5.41, 5.74) is 0. The lowest BCUT2D eigenvalue weighted by molar-refractivity contribution is -0.117. The lowest BCUT2D eigenvalue weighted by Gasteiger charge is -2.12. The number of carbonyl (C=O) groups is 1. The Morgan fingerprint density at radius 2 is 1.60 bits per heavy atom. The average Bonchev–Trinajstić information content (AvgIpc) is 2.27. The first kappa shape index (κ1) is 5.90. The Morgan fingerprint density at radius 1 is 1.10 bits per heavy atom. The molecule has 0 spiro atoms. The molecule has 0 amide bonds.